The van der Waals surface area contributed by atoms with E-state index in [4.69, 9.17) is 0 Å². The lowest BCUT2D eigenvalue weighted by molar-refractivity contribution is -0.666. The number of nitrogens with zero attached hydrogens (tertiary/aromatic N) is 4. The summed E-state index contributed by atoms with van der Waals surface area (Å²) in [6, 6.07) is 13.9. The number of pyridine rings is 1. The zero-order valence-electron chi connectivity index (χ0n) is 8.91. The Morgan fingerprint density at radius 3 is 2.75 bits per heavy atom. The molecule has 4 heteroatoms. The zero-order valence-corrected chi connectivity index (χ0v) is 8.91. The van der Waals surface area contributed by atoms with Crippen LogP contribution >= 0.6 is 0 Å². The highest BCUT2D eigenvalue weighted by Crippen LogP contribution is 2.12. The molecule has 0 radical (unpaired) electrons. The summed E-state index contributed by atoms with van der Waals surface area (Å²) in [7, 11) is 1.99. The fourth-order valence-corrected chi connectivity index (χ4v) is 1.77. The lowest BCUT2D eigenvalue weighted by Gasteiger charge is -1.97. The first kappa shape index (κ1) is 9.03. The van der Waals surface area contributed by atoms with Gasteiger partial charge in [-0.25, -0.2) is 4.57 Å². The molecule has 0 aliphatic rings. The Morgan fingerprint density at radius 2 is 1.88 bits per heavy atom. The predicted molar refractivity (Wildman–Crippen MR) is 60.0 cm³/mol. The van der Waals surface area contributed by atoms with Crippen molar-refractivity contribution in [2.45, 2.75) is 0 Å². The van der Waals surface area contributed by atoms with Crippen LogP contribution in [0.2, 0.25) is 0 Å². The Labute approximate surface area is 92.8 Å². The molecule has 0 atom stereocenters. The molecular weight excluding hydrogens is 200 g/mol. The Kier molecular flexibility index (Phi) is 1.93. The molecule has 78 valence electrons. The number of fused-ring (bicyclic) bond motifs is 1. The van der Waals surface area contributed by atoms with Crippen LogP contribution in [0, 0.1) is 0 Å². The molecule has 0 aliphatic carbocycles. The van der Waals surface area contributed by atoms with E-state index in [0.717, 1.165) is 16.9 Å². The second-order valence-electron chi connectivity index (χ2n) is 3.66. The van der Waals surface area contributed by atoms with Crippen molar-refractivity contribution < 1.29 is 4.57 Å². The molecule has 0 saturated carbocycles. The van der Waals surface area contributed by atoms with Crippen LogP contribution < -0.4 is 4.57 Å². The lowest BCUT2D eigenvalue weighted by Crippen LogP contribution is -2.33. The number of aryl methyl sites for hydroxylation is 1. The summed E-state index contributed by atoms with van der Waals surface area (Å²) in [5.41, 5.74) is 1.93. The predicted octanol–water partition coefficient (Wildman–Crippen LogP) is 1.24. The fourth-order valence-electron chi connectivity index (χ4n) is 1.77. The average Bonchev–Trinajstić information content (AvgIpc) is 2.74. The third-order valence-electron chi connectivity index (χ3n) is 2.60. The van der Waals surface area contributed by atoms with Crippen molar-refractivity contribution >= 4 is 11.0 Å². The summed E-state index contributed by atoms with van der Waals surface area (Å²) >= 11 is 0. The highest BCUT2D eigenvalue weighted by molar-refractivity contribution is 5.75. The van der Waals surface area contributed by atoms with Gasteiger partial charge in [-0.3, -0.25) is 0 Å². The first-order chi connectivity index (χ1) is 7.86. The Hall–Kier alpha value is -2.23. The van der Waals surface area contributed by atoms with Crippen LogP contribution in [0.25, 0.3) is 16.9 Å². The van der Waals surface area contributed by atoms with Crippen LogP contribution in [0.1, 0.15) is 0 Å². The van der Waals surface area contributed by atoms with Crippen LogP contribution in [0.3, 0.4) is 0 Å². The van der Waals surface area contributed by atoms with Gasteiger partial charge in [-0.1, -0.05) is 22.9 Å². The number of rotatable bonds is 1. The summed E-state index contributed by atoms with van der Waals surface area (Å²) in [6.07, 6.45) is 1.99. The molecule has 16 heavy (non-hydrogen) atoms. The number of aromatic nitrogens is 4. The quantitative estimate of drug-likeness (QED) is 0.568. The molecule has 0 fully saturated rings. The molecule has 2 heterocycles. The first-order valence-corrected chi connectivity index (χ1v) is 5.12. The second kappa shape index (κ2) is 3.41. The maximum absolute atomic E-state index is 4.17. The lowest BCUT2D eigenvalue weighted by atomic mass is 10.3. The summed E-state index contributed by atoms with van der Waals surface area (Å²) in [5, 5.41) is 8.31. The Morgan fingerprint density at radius 1 is 1.06 bits per heavy atom. The van der Waals surface area contributed by atoms with Crippen molar-refractivity contribution in [2.75, 3.05) is 0 Å². The van der Waals surface area contributed by atoms with Crippen LogP contribution in [-0.4, -0.2) is 15.0 Å². The molecular formula is C12H11N4+. The van der Waals surface area contributed by atoms with Gasteiger partial charge in [0.15, 0.2) is 5.52 Å². The van der Waals surface area contributed by atoms with Crippen molar-refractivity contribution in [3.05, 3.63) is 48.7 Å². The largest absolute Gasteiger partial charge is 0.308 e. The molecule has 0 amide bonds. The van der Waals surface area contributed by atoms with Crippen LogP contribution in [0.4, 0.5) is 0 Å². The van der Waals surface area contributed by atoms with Crippen molar-refractivity contribution in [3.8, 4) is 5.82 Å². The fraction of sp³-hybridized carbons (Fsp3) is 0.0833. The van der Waals surface area contributed by atoms with E-state index in [1.54, 1.807) is 0 Å². The van der Waals surface area contributed by atoms with E-state index in [-0.39, 0.29) is 0 Å². The number of para-hydroxylation sites is 1. The van der Waals surface area contributed by atoms with E-state index in [0.29, 0.717) is 0 Å². The molecule has 0 N–H and O–H groups in total. The molecule has 2 aromatic heterocycles. The zero-order chi connectivity index (χ0) is 11.0. The molecule has 0 saturated heterocycles. The summed E-state index contributed by atoms with van der Waals surface area (Å²) in [6.45, 7) is 0. The van der Waals surface area contributed by atoms with Crippen molar-refractivity contribution in [1.82, 2.24) is 15.0 Å². The Balaban J connectivity index is 2.31. The van der Waals surface area contributed by atoms with E-state index >= 15 is 0 Å². The molecule has 3 aromatic rings. The minimum atomic E-state index is 0.909. The van der Waals surface area contributed by atoms with Gasteiger partial charge in [0.2, 0.25) is 0 Å². The second-order valence-corrected chi connectivity index (χ2v) is 3.66. The molecule has 4 nitrogen and oxygen atoms in total. The van der Waals surface area contributed by atoms with Crippen LogP contribution in [0.5, 0.6) is 0 Å². The minimum absolute atomic E-state index is 0.909. The van der Waals surface area contributed by atoms with E-state index < -0.39 is 0 Å². The van der Waals surface area contributed by atoms with Gasteiger partial charge in [-0.2, -0.15) is 0 Å². The molecule has 3 rings (SSSR count). The molecule has 0 unspecified atom stereocenters. The normalized spacial score (nSPS) is 10.8. The van der Waals surface area contributed by atoms with Gasteiger partial charge in [0.05, 0.1) is 13.2 Å². The van der Waals surface area contributed by atoms with E-state index in [1.165, 1.54) is 0 Å². The van der Waals surface area contributed by atoms with Gasteiger partial charge in [-0.05, 0) is 18.2 Å². The smallest absolute Gasteiger partial charge is 0.235 e. The SMILES string of the molecule is C[n+]1ccccc1-n1nnc2ccccc21. The summed E-state index contributed by atoms with van der Waals surface area (Å²) < 4.78 is 3.86. The third-order valence-corrected chi connectivity index (χ3v) is 2.60. The maximum Gasteiger partial charge on any atom is 0.308 e. The molecule has 1 aromatic carbocycles. The van der Waals surface area contributed by atoms with Crippen molar-refractivity contribution in [1.29, 1.82) is 0 Å². The summed E-state index contributed by atoms with van der Waals surface area (Å²) in [5.74, 6) is 0.996. The van der Waals surface area contributed by atoms with Gasteiger partial charge in [0.1, 0.15) is 5.52 Å². The van der Waals surface area contributed by atoms with E-state index in [9.17, 15) is 0 Å². The third kappa shape index (κ3) is 1.27. The molecule has 0 aliphatic heterocycles. The minimum Gasteiger partial charge on any atom is -0.235 e. The number of benzene rings is 1. The Bertz CT molecular complexity index is 642. The first-order valence-electron chi connectivity index (χ1n) is 5.12. The molecule has 0 bridgehead atoms. The van der Waals surface area contributed by atoms with Crippen molar-refractivity contribution in [2.24, 2.45) is 7.05 Å². The summed E-state index contributed by atoms with van der Waals surface area (Å²) in [4.78, 5) is 0. The van der Waals surface area contributed by atoms with Gasteiger partial charge >= 0.3 is 5.82 Å². The average molecular weight is 211 g/mol. The maximum atomic E-state index is 4.17. The molecule has 0 spiro atoms. The number of hydrogen-bond acceptors (Lipinski definition) is 2. The highest BCUT2D eigenvalue weighted by atomic mass is 15.5. The topological polar surface area (TPSA) is 34.6 Å². The van der Waals surface area contributed by atoms with Gasteiger partial charge in [0, 0.05) is 11.3 Å². The standard InChI is InChI=1S/C12H11N4/c1-15-9-5-4-8-12(15)16-11-7-3-2-6-10(11)13-14-16/h2-9H,1H3/q+1. The monoisotopic (exact) mass is 211 g/mol. The number of hydrogen-bond donors (Lipinski definition) is 0. The van der Waals surface area contributed by atoms with Crippen LogP contribution in [-0.2, 0) is 7.05 Å². The van der Waals surface area contributed by atoms with E-state index in [2.05, 4.69) is 10.3 Å². The van der Waals surface area contributed by atoms with Gasteiger partial charge in [-0.15, -0.1) is 5.10 Å². The van der Waals surface area contributed by atoms with Gasteiger partial charge < -0.3 is 0 Å². The van der Waals surface area contributed by atoms with Gasteiger partial charge in [0.25, 0.3) is 0 Å². The highest BCUT2D eigenvalue weighted by Gasteiger charge is 2.15. The van der Waals surface area contributed by atoms with E-state index in [1.807, 2.05) is 65.0 Å². The van der Waals surface area contributed by atoms with Crippen molar-refractivity contribution in [3.63, 3.8) is 0 Å². The van der Waals surface area contributed by atoms with Crippen LogP contribution in [0.15, 0.2) is 48.7 Å².